The van der Waals surface area contributed by atoms with E-state index in [1.54, 1.807) is 0 Å². The van der Waals surface area contributed by atoms with Gasteiger partial charge < -0.3 is 9.88 Å². The number of carbonyl (C=O) groups excluding carboxylic acids is 1. The summed E-state index contributed by atoms with van der Waals surface area (Å²) in [6, 6.07) is 16.6. The molecule has 23 heavy (non-hydrogen) atoms. The lowest BCUT2D eigenvalue weighted by Crippen LogP contribution is -2.29. The standard InChI is InChI=1S/C19H19N3O/c1-13-5-4-6-14(11-13)19-21-16-7-2-3-8-17(16)22(19)12-18(23)20-15-9-10-15/h2-8,11,15H,9-10,12H2,1H3,(H,20,23). The Morgan fingerprint density at radius 3 is 2.83 bits per heavy atom. The van der Waals surface area contributed by atoms with Crippen LogP contribution in [0, 0.1) is 6.92 Å². The van der Waals surface area contributed by atoms with E-state index >= 15 is 0 Å². The van der Waals surface area contributed by atoms with Crippen molar-refractivity contribution in [1.82, 2.24) is 14.9 Å². The number of hydrogen-bond donors (Lipinski definition) is 1. The lowest BCUT2D eigenvalue weighted by atomic mass is 10.1. The molecule has 0 radical (unpaired) electrons. The zero-order chi connectivity index (χ0) is 15.8. The molecule has 0 spiro atoms. The average Bonchev–Trinajstić information content (AvgIpc) is 3.28. The maximum absolute atomic E-state index is 12.3. The van der Waals surface area contributed by atoms with Crippen LogP contribution in [0.5, 0.6) is 0 Å². The first-order chi connectivity index (χ1) is 11.2. The molecule has 116 valence electrons. The number of amides is 1. The minimum atomic E-state index is 0.0598. The second-order valence-corrected chi connectivity index (χ2v) is 6.22. The SMILES string of the molecule is Cc1cccc(-c2nc3ccccc3n2CC(=O)NC2CC2)c1. The molecule has 0 saturated heterocycles. The van der Waals surface area contributed by atoms with Crippen LogP contribution >= 0.6 is 0 Å². The molecule has 1 heterocycles. The normalized spacial score (nSPS) is 14.1. The number of nitrogens with one attached hydrogen (secondary N) is 1. The van der Waals surface area contributed by atoms with E-state index in [4.69, 9.17) is 4.98 Å². The van der Waals surface area contributed by atoms with Crippen LogP contribution in [0.25, 0.3) is 22.4 Å². The predicted molar refractivity (Wildman–Crippen MR) is 91.1 cm³/mol. The van der Waals surface area contributed by atoms with Crippen molar-refractivity contribution in [2.24, 2.45) is 0 Å². The summed E-state index contributed by atoms with van der Waals surface area (Å²) in [7, 11) is 0. The Balaban J connectivity index is 1.79. The minimum Gasteiger partial charge on any atom is -0.352 e. The first-order valence-electron chi connectivity index (χ1n) is 8.02. The Morgan fingerprint density at radius 2 is 2.04 bits per heavy atom. The minimum absolute atomic E-state index is 0.0598. The van der Waals surface area contributed by atoms with Crippen LogP contribution in [0.3, 0.4) is 0 Å². The lowest BCUT2D eigenvalue weighted by Gasteiger charge is -2.10. The molecule has 3 aromatic rings. The van der Waals surface area contributed by atoms with Crippen molar-refractivity contribution in [2.75, 3.05) is 0 Å². The molecule has 0 unspecified atom stereocenters. The lowest BCUT2D eigenvalue weighted by molar-refractivity contribution is -0.121. The number of benzene rings is 2. The van der Waals surface area contributed by atoms with Gasteiger partial charge in [0.1, 0.15) is 12.4 Å². The smallest absolute Gasteiger partial charge is 0.240 e. The third-order valence-electron chi connectivity index (χ3n) is 4.18. The summed E-state index contributed by atoms with van der Waals surface area (Å²) >= 11 is 0. The van der Waals surface area contributed by atoms with Crippen molar-refractivity contribution < 1.29 is 4.79 Å². The number of aryl methyl sites for hydroxylation is 1. The highest BCUT2D eigenvalue weighted by Gasteiger charge is 2.24. The number of carbonyl (C=O) groups is 1. The number of fused-ring (bicyclic) bond motifs is 1. The molecule has 0 atom stereocenters. The fraction of sp³-hybridized carbons (Fsp3) is 0.263. The molecule has 1 amide bonds. The molecule has 4 heteroatoms. The highest BCUT2D eigenvalue weighted by Crippen LogP contribution is 2.26. The predicted octanol–water partition coefficient (Wildman–Crippen LogP) is 3.29. The summed E-state index contributed by atoms with van der Waals surface area (Å²) in [4.78, 5) is 17.1. The Labute approximate surface area is 135 Å². The summed E-state index contributed by atoms with van der Waals surface area (Å²) in [5.41, 5.74) is 4.14. The topological polar surface area (TPSA) is 46.9 Å². The highest BCUT2D eigenvalue weighted by molar-refractivity contribution is 5.84. The fourth-order valence-corrected chi connectivity index (χ4v) is 2.88. The maximum Gasteiger partial charge on any atom is 0.240 e. The summed E-state index contributed by atoms with van der Waals surface area (Å²) < 4.78 is 2.02. The third kappa shape index (κ3) is 2.84. The molecule has 4 nitrogen and oxygen atoms in total. The van der Waals surface area contributed by atoms with Gasteiger partial charge in [-0.3, -0.25) is 4.79 Å². The van der Waals surface area contributed by atoms with Crippen molar-refractivity contribution >= 4 is 16.9 Å². The number of imidazole rings is 1. The molecule has 1 aliphatic rings. The van der Waals surface area contributed by atoms with Gasteiger partial charge in [0.25, 0.3) is 0 Å². The van der Waals surface area contributed by atoms with E-state index in [1.807, 2.05) is 41.0 Å². The van der Waals surface area contributed by atoms with E-state index in [9.17, 15) is 4.79 Å². The van der Waals surface area contributed by atoms with Crippen molar-refractivity contribution in [1.29, 1.82) is 0 Å². The molecule has 1 saturated carbocycles. The molecule has 1 fully saturated rings. The van der Waals surface area contributed by atoms with Gasteiger partial charge in [-0.1, -0.05) is 35.9 Å². The van der Waals surface area contributed by atoms with E-state index < -0.39 is 0 Å². The number of para-hydroxylation sites is 2. The largest absolute Gasteiger partial charge is 0.352 e. The van der Waals surface area contributed by atoms with Gasteiger partial charge >= 0.3 is 0 Å². The maximum atomic E-state index is 12.3. The first kappa shape index (κ1) is 14.0. The summed E-state index contributed by atoms with van der Waals surface area (Å²) in [6.45, 7) is 2.37. The van der Waals surface area contributed by atoms with Gasteiger partial charge in [-0.25, -0.2) is 4.98 Å². The molecule has 0 aliphatic heterocycles. The van der Waals surface area contributed by atoms with Gasteiger partial charge in [0.2, 0.25) is 5.91 Å². The number of nitrogens with zero attached hydrogens (tertiary/aromatic N) is 2. The van der Waals surface area contributed by atoms with Crippen LogP contribution in [0.1, 0.15) is 18.4 Å². The Kier molecular flexibility index (Phi) is 3.37. The second kappa shape index (κ2) is 5.54. The number of aromatic nitrogens is 2. The van der Waals surface area contributed by atoms with Crippen LogP contribution < -0.4 is 5.32 Å². The van der Waals surface area contributed by atoms with Crippen LogP contribution in [-0.2, 0) is 11.3 Å². The molecular weight excluding hydrogens is 286 g/mol. The number of hydrogen-bond acceptors (Lipinski definition) is 2. The summed E-state index contributed by atoms with van der Waals surface area (Å²) in [5, 5.41) is 3.06. The average molecular weight is 305 g/mol. The molecule has 0 bridgehead atoms. The zero-order valence-electron chi connectivity index (χ0n) is 13.1. The van der Waals surface area contributed by atoms with Crippen LogP contribution in [0.15, 0.2) is 48.5 Å². The van der Waals surface area contributed by atoms with Gasteiger partial charge in [0, 0.05) is 11.6 Å². The quantitative estimate of drug-likeness (QED) is 0.804. The van der Waals surface area contributed by atoms with E-state index in [0.717, 1.165) is 35.3 Å². The Morgan fingerprint density at radius 1 is 1.22 bits per heavy atom. The van der Waals surface area contributed by atoms with Crippen molar-refractivity contribution in [3.05, 3.63) is 54.1 Å². The van der Waals surface area contributed by atoms with Gasteiger partial charge in [0.15, 0.2) is 0 Å². The summed E-state index contributed by atoms with van der Waals surface area (Å²) in [6.07, 6.45) is 2.20. The molecule has 1 N–H and O–H groups in total. The molecule has 2 aromatic carbocycles. The monoisotopic (exact) mass is 305 g/mol. The van der Waals surface area contributed by atoms with E-state index in [0.29, 0.717) is 12.6 Å². The van der Waals surface area contributed by atoms with Gasteiger partial charge in [0.05, 0.1) is 11.0 Å². The molecule has 1 aromatic heterocycles. The van der Waals surface area contributed by atoms with Crippen molar-refractivity contribution in [3.63, 3.8) is 0 Å². The Hall–Kier alpha value is -2.62. The van der Waals surface area contributed by atoms with Crippen molar-refractivity contribution in [3.8, 4) is 11.4 Å². The van der Waals surface area contributed by atoms with Gasteiger partial charge in [-0.2, -0.15) is 0 Å². The summed E-state index contributed by atoms with van der Waals surface area (Å²) in [5.74, 6) is 0.908. The van der Waals surface area contributed by atoms with Gasteiger partial charge in [-0.15, -0.1) is 0 Å². The van der Waals surface area contributed by atoms with E-state index in [1.165, 1.54) is 5.56 Å². The zero-order valence-corrected chi connectivity index (χ0v) is 13.1. The van der Waals surface area contributed by atoms with E-state index in [2.05, 4.69) is 24.4 Å². The van der Waals surface area contributed by atoms with Gasteiger partial charge in [-0.05, 0) is 38.0 Å². The van der Waals surface area contributed by atoms with E-state index in [-0.39, 0.29) is 5.91 Å². The first-order valence-corrected chi connectivity index (χ1v) is 8.02. The third-order valence-corrected chi connectivity index (χ3v) is 4.18. The van der Waals surface area contributed by atoms with Crippen molar-refractivity contribution in [2.45, 2.75) is 32.4 Å². The highest BCUT2D eigenvalue weighted by atomic mass is 16.2. The fourth-order valence-electron chi connectivity index (χ4n) is 2.88. The Bertz CT molecular complexity index is 877. The van der Waals surface area contributed by atoms with Crippen LogP contribution in [-0.4, -0.2) is 21.5 Å². The second-order valence-electron chi connectivity index (χ2n) is 6.22. The molecule has 4 rings (SSSR count). The molecular formula is C19H19N3O. The molecule has 1 aliphatic carbocycles. The number of rotatable bonds is 4. The van der Waals surface area contributed by atoms with Crippen LogP contribution in [0.2, 0.25) is 0 Å². The van der Waals surface area contributed by atoms with Crippen LogP contribution in [0.4, 0.5) is 0 Å².